The molecule has 0 saturated heterocycles. The maximum atomic E-state index is 9.27. The quantitative estimate of drug-likeness (QED) is 0.225. The topological polar surface area (TPSA) is 20.2 Å². The molecule has 1 nitrogen and oxygen atoms in total. The Kier molecular flexibility index (Phi) is 25.7. The van der Waals surface area contributed by atoms with Crippen molar-refractivity contribution in [3.8, 4) is 5.75 Å². The summed E-state index contributed by atoms with van der Waals surface area (Å²) in [6, 6.07) is 30.2. The van der Waals surface area contributed by atoms with Crippen LogP contribution in [0.15, 0.2) is 97.1 Å². The molecule has 0 heterocycles. The van der Waals surface area contributed by atoms with Gasteiger partial charge in [-0.05, 0) is 29.2 Å². The largest absolute Gasteiger partial charge is 0.184 e. The van der Waals surface area contributed by atoms with Gasteiger partial charge in [0.05, 0.1) is 0 Å². The molecule has 178 valence electrons. The Hall–Kier alpha value is -1.61. The summed E-state index contributed by atoms with van der Waals surface area (Å²) >= 11 is 7.55. The van der Waals surface area contributed by atoms with Crippen LogP contribution in [-0.4, -0.2) is 9.92 Å². The first-order valence-corrected chi connectivity index (χ1v) is 11.3. The molecule has 4 rings (SSSR count). The van der Waals surface area contributed by atoms with Crippen LogP contribution in [0, 0.1) is 18.2 Å². The Labute approximate surface area is 229 Å². The molecule has 1 aliphatic rings. The number of aromatic hydroxyl groups is 1. The van der Waals surface area contributed by atoms with Gasteiger partial charge in [-0.15, -0.1) is 31.2 Å². The third kappa shape index (κ3) is 22.0. The fourth-order valence-corrected chi connectivity index (χ4v) is 2.26. The minimum atomic E-state index is 0. The van der Waals surface area contributed by atoms with E-state index in [2.05, 4.69) is 49.9 Å². The van der Waals surface area contributed by atoms with E-state index in [-0.39, 0.29) is 36.0 Å². The Morgan fingerprint density at radius 3 is 1.55 bits per heavy atom. The molecular weight excluding hydrogens is 507 g/mol. The zero-order valence-corrected chi connectivity index (χ0v) is 23.2. The van der Waals surface area contributed by atoms with Gasteiger partial charge < -0.3 is 5.11 Å². The first-order chi connectivity index (χ1) is 14.9. The van der Waals surface area contributed by atoms with Crippen LogP contribution in [-0.2, 0) is 25.4 Å². The first kappa shape index (κ1) is 36.0. The normalized spacial score (nSPS) is 9.91. The maximum absolute atomic E-state index is 9.27. The summed E-state index contributed by atoms with van der Waals surface area (Å²) in [6.45, 7) is 6.24. The minimum Gasteiger partial charge on any atom is -0.184 e. The molecule has 5 heteroatoms. The van der Waals surface area contributed by atoms with Crippen molar-refractivity contribution < 1.29 is 25.1 Å². The average Bonchev–Trinajstić information content (AvgIpc) is 3.38. The molecule has 0 aliphatic heterocycles. The smallest absolute Gasteiger partial charge is 0.171 e. The maximum Gasteiger partial charge on any atom is -0.171 e. The summed E-state index contributed by atoms with van der Waals surface area (Å²) in [5.41, 5.74) is 1.08. The molecule has 0 spiro atoms. The van der Waals surface area contributed by atoms with Gasteiger partial charge in [0.25, 0.3) is 0 Å². The van der Waals surface area contributed by atoms with Crippen molar-refractivity contribution in [2.45, 2.75) is 32.6 Å². The Morgan fingerprint density at radius 1 is 0.848 bits per heavy atom. The molecule has 0 aromatic heterocycles. The Bertz CT molecular complexity index is 746. The van der Waals surface area contributed by atoms with E-state index in [1.165, 1.54) is 6.07 Å². The van der Waals surface area contributed by atoms with E-state index >= 15 is 0 Å². The van der Waals surface area contributed by atoms with Gasteiger partial charge in [-0.1, -0.05) is 32.4 Å². The number of rotatable bonds is 0. The summed E-state index contributed by atoms with van der Waals surface area (Å²) in [4.78, 5) is 3.25. The second-order valence-electron chi connectivity index (χ2n) is 7.11. The van der Waals surface area contributed by atoms with Crippen LogP contribution in [0.4, 0.5) is 0 Å². The van der Waals surface area contributed by atoms with Crippen molar-refractivity contribution in [3.63, 3.8) is 0 Å². The van der Waals surface area contributed by atoms with Gasteiger partial charge in [-0.25, -0.2) is 12.2 Å². The first-order valence-electron chi connectivity index (χ1n) is 9.79. The second kappa shape index (κ2) is 23.5. The number of phenols is 1. The summed E-state index contributed by atoms with van der Waals surface area (Å²) in [6.07, 6.45) is 10.0. The number of hydrogen-bond donors (Lipinski definition) is 1. The van der Waals surface area contributed by atoms with Crippen molar-refractivity contribution in [1.29, 1.82) is 0 Å². The predicted octanol–water partition coefficient (Wildman–Crippen LogP) is 8.43. The molecule has 3 aromatic rings. The Morgan fingerprint density at radius 2 is 1.33 bits per heavy atom. The zero-order valence-electron chi connectivity index (χ0n) is 19.3. The fraction of sp³-hybridized carbons (Fsp3) is 0.179. The molecule has 0 fully saturated rings. The summed E-state index contributed by atoms with van der Waals surface area (Å²) in [5.74, 6) is 0.229. The van der Waals surface area contributed by atoms with Gasteiger partial charge >= 0.3 is 24.8 Å². The number of benzene rings is 3. The van der Waals surface area contributed by atoms with E-state index in [0.717, 1.165) is 12.0 Å². The predicted molar refractivity (Wildman–Crippen MR) is 146 cm³/mol. The van der Waals surface area contributed by atoms with E-state index < -0.39 is 0 Å². The van der Waals surface area contributed by atoms with E-state index in [1.807, 2.05) is 78.9 Å². The molecule has 0 saturated carbocycles. The van der Waals surface area contributed by atoms with Crippen LogP contribution >= 0.6 is 36.4 Å². The van der Waals surface area contributed by atoms with Gasteiger partial charge in [0, 0.05) is 5.02 Å². The van der Waals surface area contributed by atoms with Crippen LogP contribution in [0.3, 0.4) is 0 Å². The molecular formula is C28H32Cl3OTi-3. The van der Waals surface area contributed by atoms with Crippen LogP contribution < -0.4 is 0 Å². The monoisotopic (exact) mass is 537 g/mol. The number of hydrogen-bond acceptors (Lipinski definition) is 1. The SMILES string of the molecule is CC(C)(C)c1cc(O)cc(Cl)c1.Cl.Cl.[C-]1=CC=CC1.[CH2]=[Ti].[c-]1ccccc1.[c-]1ccccc1. The average molecular weight is 539 g/mol. The van der Waals surface area contributed by atoms with Gasteiger partial charge in [-0.3, -0.25) is 6.08 Å². The van der Waals surface area contributed by atoms with Crippen molar-refractivity contribution in [1.82, 2.24) is 0 Å². The fourth-order valence-electron chi connectivity index (χ4n) is 2.03. The molecule has 0 unspecified atom stereocenters. The Balaban J connectivity index is -0.000000368. The van der Waals surface area contributed by atoms with Crippen LogP contribution in [0.1, 0.15) is 32.8 Å². The van der Waals surface area contributed by atoms with E-state index in [4.69, 9.17) is 11.6 Å². The summed E-state index contributed by atoms with van der Waals surface area (Å²) in [5, 5.41) is 9.86. The van der Waals surface area contributed by atoms with Crippen molar-refractivity contribution in [2.24, 2.45) is 0 Å². The third-order valence-corrected chi connectivity index (χ3v) is 3.77. The molecule has 3 aromatic carbocycles. The zero-order chi connectivity index (χ0) is 23.4. The van der Waals surface area contributed by atoms with Crippen molar-refractivity contribution in [3.05, 3.63) is 126 Å². The minimum absolute atomic E-state index is 0. The number of phenolic OH excluding ortho intramolecular Hbond substituents is 1. The molecule has 1 N–H and O–H groups in total. The number of halogens is 3. The van der Waals surface area contributed by atoms with Crippen LogP contribution in [0.2, 0.25) is 5.02 Å². The van der Waals surface area contributed by atoms with Crippen molar-refractivity contribution >= 4 is 41.2 Å². The molecule has 0 atom stereocenters. The van der Waals surface area contributed by atoms with Gasteiger partial charge in [0.15, 0.2) is 0 Å². The molecule has 0 amide bonds. The van der Waals surface area contributed by atoms with Crippen molar-refractivity contribution in [2.75, 3.05) is 0 Å². The van der Waals surface area contributed by atoms with Gasteiger partial charge in [0.1, 0.15) is 5.75 Å². The molecule has 33 heavy (non-hydrogen) atoms. The molecule has 0 bridgehead atoms. The number of allylic oxidation sites excluding steroid dienone is 4. The molecule has 0 radical (unpaired) electrons. The van der Waals surface area contributed by atoms with Gasteiger partial charge in [0.2, 0.25) is 0 Å². The van der Waals surface area contributed by atoms with Crippen LogP contribution in [0.25, 0.3) is 0 Å². The summed E-state index contributed by atoms with van der Waals surface area (Å²) < 4.78 is 0. The van der Waals surface area contributed by atoms with Gasteiger partial charge in [-0.2, -0.15) is 78.9 Å². The van der Waals surface area contributed by atoms with E-state index in [0.29, 0.717) is 5.02 Å². The standard InChI is InChI=1S/C10H13ClO.2C6H5.C5H5.CH2.2ClH.Ti/c1-10(2,3)7-4-8(11)6-9(12)5-7;2*1-2-4-6-5-3-1;1-2-4-5-3-1;;;;/h4-6,12H,1-3H3;2*1-5H;1-3H,4H2;1H2;2*1H;/q;3*-1;;;;. The van der Waals surface area contributed by atoms with E-state index in [1.54, 1.807) is 26.0 Å². The van der Waals surface area contributed by atoms with Crippen LogP contribution in [0.5, 0.6) is 5.75 Å². The molecule has 1 aliphatic carbocycles. The summed E-state index contributed by atoms with van der Waals surface area (Å²) in [7, 11) is 0. The van der Waals surface area contributed by atoms with E-state index in [9.17, 15) is 5.11 Å². The second-order valence-corrected chi connectivity index (χ2v) is 7.54. The third-order valence-electron chi connectivity index (χ3n) is 3.55.